The van der Waals surface area contributed by atoms with Gasteiger partial charge in [-0.2, -0.15) is 0 Å². The number of carbonyl (C=O) groups excluding carboxylic acids is 1. The summed E-state index contributed by atoms with van der Waals surface area (Å²) in [5, 5.41) is 8.72. The highest BCUT2D eigenvalue weighted by Crippen LogP contribution is 2.35. The molecule has 0 saturated heterocycles. The normalized spacial score (nSPS) is 11.1. The van der Waals surface area contributed by atoms with E-state index < -0.39 is 12.6 Å². The number of carboxylic acids is 1. The van der Waals surface area contributed by atoms with Crippen LogP contribution in [0.25, 0.3) is 0 Å². The first-order valence-corrected chi connectivity index (χ1v) is 10.1. The molecule has 0 aliphatic heterocycles. The van der Waals surface area contributed by atoms with Crippen LogP contribution in [-0.4, -0.2) is 23.6 Å². The van der Waals surface area contributed by atoms with Crippen LogP contribution in [0, 0.1) is 6.92 Å². The molecule has 2 aromatic carbocycles. The van der Waals surface area contributed by atoms with Crippen LogP contribution in [0.3, 0.4) is 0 Å². The van der Waals surface area contributed by atoms with E-state index in [9.17, 15) is 9.59 Å². The molecule has 158 valence electrons. The number of hydrogen-bond acceptors (Lipinski definition) is 3. The summed E-state index contributed by atoms with van der Waals surface area (Å²) in [5.74, 6) is -0.912. The van der Waals surface area contributed by atoms with Crippen LogP contribution in [0.5, 0.6) is 5.75 Å². The molecule has 0 radical (unpaired) electrons. The van der Waals surface area contributed by atoms with Crippen molar-refractivity contribution in [1.29, 1.82) is 0 Å². The lowest BCUT2D eigenvalue weighted by atomic mass is 9.87. The van der Waals surface area contributed by atoms with Crippen molar-refractivity contribution in [3.63, 3.8) is 0 Å². The maximum absolute atomic E-state index is 11.2. The number of nitrogens with two attached hydrogens (primary N) is 1. The molecule has 5 heteroatoms. The fraction of sp³-hybridized carbons (Fsp3) is 0.417. The molecule has 2 aromatic rings. The highest BCUT2D eigenvalue weighted by molar-refractivity contribution is 5.75. The van der Waals surface area contributed by atoms with Gasteiger partial charge in [-0.3, -0.25) is 4.79 Å². The van der Waals surface area contributed by atoms with Crippen LogP contribution < -0.4 is 10.5 Å². The maximum Gasteiger partial charge on any atom is 0.341 e. The Morgan fingerprint density at radius 2 is 1.72 bits per heavy atom. The molecular weight excluding hydrogens is 366 g/mol. The number of aryl methyl sites for hydroxylation is 2. The molecule has 0 aromatic heterocycles. The summed E-state index contributed by atoms with van der Waals surface area (Å²) in [5.41, 5.74) is 8.62. The number of rotatable bonds is 10. The molecule has 0 bridgehead atoms. The summed E-state index contributed by atoms with van der Waals surface area (Å²) >= 11 is 0. The number of hydrogen-bond donors (Lipinski definition) is 2. The summed E-state index contributed by atoms with van der Waals surface area (Å²) in [4.78, 5) is 21.9. The molecule has 0 aliphatic carbocycles. The number of aliphatic carboxylic acids is 1. The molecule has 1 atom stereocenters. The molecule has 1 amide bonds. The lowest BCUT2D eigenvalue weighted by molar-refractivity contribution is -0.139. The highest BCUT2D eigenvalue weighted by atomic mass is 16.5. The van der Waals surface area contributed by atoms with Crippen LogP contribution >= 0.6 is 0 Å². The fourth-order valence-electron chi connectivity index (χ4n) is 3.32. The van der Waals surface area contributed by atoms with Crippen LogP contribution in [0.15, 0.2) is 48.5 Å². The Morgan fingerprint density at radius 1 is 1.03 bits per heavy atom. The third-order valence-corrected chi connectivity index (χ3v) is 4.51. The van der Waals surface area contributed by atoms with Gasteiger partial charge in [-0.05, 0) is 42.9 Å². The summed E-state index contributed by atoms with van der Waals surface area (Å²) in [6.45, 7) is 5.76. The zero-order chi connectivity index (χ0) is 21.6. The number of benzene rings is 2. The molecule has 0 saturated carbocycles. The summed E-state index contributed by atoms with van der Waals surface area (Å²) in [6, 6.07) is 16.0. The van der Waals surface area contributed by atoms with Crippen LogP contribution in [0.4, 0.5) is 0 Å². The Labute approximate surface area is 173 Å². The van der Waals surface area contributed by atoms with Gasteiger partial charge in [-0.1, -0.05) is 69.2 Å². The standard InChI is InChI=1S/C15H21NO4.C9H12/c1-3-5-11(8-13(16)17)15-10(2)6-4-7-12(15)20-9-14(18)19;1-2-6-9-7-4-3-5-8-9/h4,6-7,11H,3,5,8-9H2,1-2H3,(H2,16,17)(H,18,19);3-5,7-8H,2,6H2,1H3. The predicted octanol–water partition coefficient (Wildman–Crippen LogP) is 4.86. The monoisotopic (exact) mass is 399 g/mol. The van der Waals surface area contributed by atoms with Crippen molar-refractivity contribution >= 4 is 11.9 Å². The quantitative estimate of drug-likeness (QED) is 0.597. The number of ether oxygens (including phenoxy) is 1. The topological polar surface area (TPSA) is 89.6 Å². The molecule has 2 rings (SSSR count). The molecule has 0 aliphatic rings. The second-order valence-electron chi connectivity index (χ2n) is 7.06. The van der Waals surface area contributed by atoms with Crippen molar-refractivity contribution < 1.29 is 19.4 Å². The van der Waals surface area contributed by atoms with E-state index in [1.54, 1.807) is 6.07 Å². The second-order valence-corrected chi connectivity index (χ2v) is 7.06. The number of carbonyl (C=O) groups is 2. The van der Waals surface area contributed by atoms with Gasteiger partial charge in [-0.25, -0.2) is 4.79 Å². The van der Waals surface area contributed by atoms with E-state index in [2.05, 4.69) is 37.3 Å². The Balaban J connectivity index is 0.000000387. The Bertz CT molecular complexity index is 759. The third kappa shape index (κ3) is 9.28. The minimum absolute atomic E-state index is 0.0394. The van der Waals surface area contributed by atoms with Crippen LogP contribution in [0.2, 0.25) is 0 Å². The average Bonchev–Trinajstić information content (AvgIpc) is 2.67. The molecule has 0 heterocycles. The number of primary amides is 1. The van der Waals surface area contributed by atoms with Gasteiger partial charge >= 0.3 is 5.97 Å². The van der Waals surface area contributed by atoms with Crippen molar-refractivity contribution in [3.05, 3.63) is 65.2 Å². The SMILES string of the molecule is CCCC(CC(N)=O)c1c(C)cccc1OCC(=O)O.CCCc1ccccc1. The molecule has 3 N–H and O–H groups in total. The zero-order valence-electron chi connectivity index (χ0n) is 17.7. The van der Waals surface area contributed by atoms with Gasteiger partial charge in [0, 0.05) is 12.0 Å². The van der Waals surface area contributed by atoms with E-state index in [4.69, 9.17) is 15.6 Å². The first-order valence-electron chi connectivity index (χ1n) is 10.1. The van der Waals surface area contributed by atoms with E-state index in [0.717, 1.165) is 24.0 Å². The van der Waals surface area contributed by atoms with Gasteiger partial charge in [0.05, 0.1) is 0 Å². The van der Waals surface area contributed by atoms with E-state index in [1.807, 2.05) is 26.0 Å². The van der Waals surface area contributed by atoms with Gasteiger partial charge < -0.3 is 15.6 Å². The maximum atomic E-state index is 11.2. The third-order valence-electron chi connectivity index (χ3n) is 4.51. The number of carboxylic acid groups (broad SMARTS) is 1. The minimum Gasteiger partial charge on any atom is -0.482 e. The lowest BCUT2D eigenvalue weighted by Gasteiger charge is -2.21. The van der Waals surface area contributed by atoms with E-state index >= 15 is 0 Å². The first kappa shape index (κ1) is 24.2. The van der Waals surface area contributed by atoms with E-state index in [-0.39, 0.29) is 18.2 Å². The molecule has 0 fully saturated rings. The predicted molar refractivity (Wildman–Crippen MR) is 116 cm³/mol. The summed E-state index contributed by atoms with van der Waals surface area (Å²) in [7, 11) is 0. The van der Waals surface area contributed by atoms with Crippen molar-refractivity contribution in [2.45, 2.75) is 58.8 Å². The Kier molecular flexibility index (Phi) is 11.2. The molecular formula is C24H33NO4. The Hall–Kier alpha value is -2.82. The number of amides is 1. The molecule has 29 heavy (non-hydrogen) atoms. The molecule has 1 unspecified atom stereocenters. The minimum atomic E-state index is -1.03. The van der Waals surface area contributed by atoms with Crippen molar-refractivity contribution in [2.75, 3.05) is 6.61 Å². The highest BCUT2D eigenvalue weighted by Gasteiger charge is 2.20. The van der Waals surface area contributed by atoms with Gasteiger partial charge in [0.1, 0.15) is 5.75 Å². The Morgan fingerprint density at radius 3 is 2.28 bits per heavy atom. The average molecular weight is 400 g/mol. The smallest absolute Gasteiger partial charge is 0.341 e. The van der Waals surface area contributed by atoms with Crippen molar-refractivity contribution in [1.82, 2.24) is 0 Å². The van der Waals surface area contributed by atoms with E-state index in [1.165, 1.54) is 18.4 Å². The first-order chi connectivity index (χ1) is 13.9. The van der Waals surface area contributed by atoms with Gasteiger partial charge in [0.25, 0.3) is 0 Å². The van der Waals surface area contributed by atoms with Crippen LogP contribution in [0.1, 0.15) is 62.1 Å². The van der Waals surface area contributed by atoms with Gasteiger partial charge in [0.2, 0.25) is 5.91 Å². The summed E-state index contributed by atoms with van der Waals surface area (Å²) in [6.07, 6.45) is 4.40. The van der Waals surface area contributed by atoms with Crippen molar-refractivity contribution in [2.24, 2.45) is 5.73 Å². The van der Waals surface area contributed by atoms with Gasteiger partial charge in [-0.15, -0.1) is 0 Å². The van der Waals surface area contributed by atoms with Crippen LogP contribution in [-0.2, 0) is 16.0 Å². The van der Waals surface area contributed by atoms with Gasteiger partial charge in [0.15, 0.2) is 6.61 Å². The molecule has 0 spiro atoms. The lowest BCUT2D eigenvalue weighted by Crippen LogP contribution is -2.17. The largest absolute Gasteiger partial charge is 0.482 e. The second kappa shape index (κ2) is 13.4. The van der Waals surface area contributed by atoms with E-state index in [0.29, 0.717) is 5.75 Å². The zero-order valence-corrected chi connectivity index (χ0v) is 17.7. The summed E-state index contributed by atoms with van der Waals surface area (Å²) < 4.78 is 5.34. The molecule has 5 nitrogen and oxygen atoms in total. The fourth-order valence-corrected chi connectivity index (χ4v) is 3.32. The van der Waals surface area contributed by atoms with Crippen molar-refractivity contribution in [3.8, 4) is 5.75 Å².